The van der Waals surface area contributed by atoms with Gasteiger partial charge in [0.05, 0.1) is 4.90 Å². The zero-order chi connectivity index (χ0) is 15.6. The molecule has 1 atom stereocenters. The predicted octanol–water partition coefficient (Wildman–Crippen LogP) is 1.38. The van der Waals surface area contributed by atoms with Crippen molar-refractivity contribution in [1.82, 2.24) is 14.5 Å². The molecule has 118 valence electrons. The minimum Gasteiger partial charge on any atom is -0.316 e. The second-order valence-corrected chi connectivity index (χ2v) is 7.81. The SMILES string of the molecule is CNCc1cc(S(=O)(=O)N2CCN(C)CC2C)ccc1Cl. The zero-order valence-electron chi connectivity index (χ0n) is 12.6. The van der Waals surface area contributed by atoms with Crippen molar-refractivity contribution in [3.63, 3.8) is 0 Å². The molecule has 7 heteroatoms. The lowest BCUT2D eigenvalue weighted by atomic mass is 10.2. The van der Waals surface area contributed by atoms with Crippen LogP contribution in [0.5, 0.6) is 0 Å². The van der Waals surface area contributed by atoms with Crippen LogP contribution in [0.1, 0.15) is 12.5 Å². The molecule has 0 radical (unpaired) electrons. The van der Waals surface area contributed by atoms with Crippen molar-refractivity contribution in [2.75, 3.05) is 33.7 Å². The van der Waals surface area contributed by atoms with Gasteiger partial charge >= 0.3 is 0 Å². The maximum atomic E-state index is 12.8. The van der Waals surface area contributed by atoms with Gasteiger partial charge in [-0.05, 0) is 44.8 Å². The van der Waals surface area contributed by atoms with Gasteiger partial charge in [0.2, 0.25) is 10.0 Å². The molecular formula is C14H22ClN3O2S. The highest BCUT2D eigenvalue weighted by Crippen LogP contribution is 2.25. The molecule has 5 nitrogen and oxygen atoms in total. The summed E-state index contributed by atoms with van der Waals surface area (Å²) in [5.74, 6) is 0. The summed E-state index contributed by atoms with van der Waals surface area (Å²) < 4.78 is 27.2. The molecule has 0 spiro atoms. The highest BCUT2D eigenvalue weighted by Gasteiger charge is 2.32. The fraction of sp³-hybridized carbons (Fsp3) is 0.571. The Morgan fingerprint density at radius 1 is 1.38 bits per heavy atom. The average molecular weight is 332 g/mol. The van der Waals surface area contributed by atoms with Crippen LogP contribution in [0.25, 0.3) is 0 Å². The fourth-order valence-corrected chi connectivity index (χ4v) is 4.50. The van der Waals surface area contributed by atoms with Gasteiger partial charge in [-0.25, -0.2) is 8.42 Å². The normalized spacial score (nSPS) is 21.6. The molecule has 0 bridgehead atoms. The standard InChI is InChI=1S/C14H22ClN3O2S/c1-11-10-17(3)6-7-18(11)21(19,20)13-4-5-14(15)12(8-13)9-16-2/h4-5,8,11,16H,6-7,9-10H2,1-3H3. The van der Waals surface area contributed by atoms with Crippen molar-refractivity contribution in [2.45, 2.75) is 24.4 Å². The van der Waals surface area contributed by atoms with Gasteiger partial charge in [-0.1, -0.05) is 11.6 Å². The lowest BCUT2D eigenvalue weighted by Crippen LogP contribution is -2.52. The molecule has 0 aliphatic carbocycles. The maximum Gasteiger partial charge on any atom is 0.243 e. The zero-order valence-corrected chi connectivity index (χ0v) is 14.2. The summed E-state index contributed by atoms with van der Waals surface area (Å²) in [5.41, 5.74) is 0.794. The number of piperazine rings is 1. The van der Waals surface area contributed by atoms with Crippen LogP contribution in [0.4, 0.5) is 0 Å². The number of rotatable bonds is 4. The molecule has 1 aromatic rings. The minimum absolute atomic E-state index is 0.0304. The van der Waals surface area contributed by atoms with Gasteiger partial charge in [-0.2, -0.15) is 4.31 Å². The van der Waals surface area contributed by atoms with E-state index in [0.717, 1.165) is 18.7 Å². The summed E-state index contributed by atoms with van der Waals surface area (Å²) in [5, 5.41) is 3.58. The van der Waals surface area contributed by atoms with Crippen molar-refractivity contribution in [3.05, 3.63) is 28.8 Å². The third-order valence-electron chi connectivity index (χ3n) is 3.76. The minimum atomic E-state index is -3.47. The molecule has 0 aromatic heterocycles. The predicted molar refractivity (Wildman–Crippen MR) is 85.1 cm³/mol. The van der Waals surface area contributed by atoms with Gasteiger partial charge in [0.1, 0.15) is 0 Å². The lowest BCUT2D eigenvalue weighted by molar-refractivity contribution is 0.170. The number of likely N-dealkylation sites (N-methyl/N-ethyl adjacent to an activating group) is 1. The Balaban J connectivity index is 2.33. The number of hydrogen-bond acceptors (Lipinski definition) is 4. The van der Waals surface area contributed by atoms with Crippen LogP contribution in [-0.2, 0) is 16.6 Å². The molecule has 1 aromatic carbocycles. The Kier molecular flexibility index (Phi) is 5.27. The smallest absolute Gasteiger partial charge is 0.243 e. The first kappa shape index (κ1) is 16.7. The highest BCUT2D eigenvalue weighted by molar-refractivity contribution is 7.89. The molecule has 1 unspecified atom stereocenters. The van der Waals surface area contributed by atoms with Crippen LogP contribution in [0.15, 0.2) is 23.1 Å². The number of benzene rings is 1. The molecule has 1 N–H and O–H groups in total. The van der Waals surface area contributed by atoms with Crippen molar-refractivity contribution >= 4 is 21.6 Å². The van der Waals surface area contributed by atoms with E-state index in [-0.39, 0.29) is 6.04 Å². The number of nitrogens with one attached hydrogen (secondary N) is 1. The summed E-state index contributed by atoms with van der Waals surface area (Å²) in [6, 6.07) is 4.88. The Hall–Kier alpha value is -0.660. The lowest BCUT2D eigenvalue weighted by Gasteiger charge is -2.37. The Morgan fingerprint density at radius 3 is 2.71 bits per heavy atom. The molecule has 0 saturated carbocycles. The first-order chi connectivity index (χ1) is 9.86. The molecule has 1 aliphatic rings. The second-order valence-electron chi connectivity index (χ2n) is 5.51. The summed E-state index contributed by atoms with van der Waals surface area (Å²) >= 11 is 6.10. The average Bonchev–Trinajstić information content (AvgIpc) is 2.40. The molecule has 0 amide bonds. The number of sulfonamides is 1. The van der Waals surface area contributed by atoms with E-state index in [0.29, 0.717) is 23.0 Å². The molecule has 1 fully saturated rings. The number of hydrogen-bond donors (Lipinski definition) is 1. The first-order valence-electron chi connectivity index (χ1n) is 6.99. The summed E-state index contributed by atoms with van der Waals surface area (Å²) in [7, 11) is 0.341. The van der Waals surface area contributed by atoms with E-state index in [1.165, 1.54) is 0 Å². The number of halogens is 1. The molecule has 1 heterocycles. The van der Waals surface area contributed by atoms with Crippen molar-refractivity contribution in [2.24, 2.45) is 0 Å². The molecule has 2 rings (SSSR count). The molecule has 21 heavy (non-hydrogen) atoms. The largest absolute Gasteiger partial charge is 0.316 e. The van der Waals surface area contributed by atoms with E-state index in [9.17, 15) is 8.42 Å². The van der Waals surface area contributed by atoms with Gasteiger partial charge < -0.3 is 10.2 Å². The fourth-order valence-electron chi connectivity index (χ4n) is 2.65. The van der Waals surface area contributed by atoms with E-state index < -0.39 is 10.0 Å². The van der Waals surface area contributed by atoms with Gasteiger partial charge in [-0.15, -0.1) is 0 Å². The van der Waals surface area contributed by atoms with E-state index in [1.807, 2.05) is 14.0 Å². The number of nitrogens with zero attached hydrogens (tertiary/aromatic N) is 2. The third kappa shape index (κ3) is 3.57. The molecular weight excluding hydrogens is 310 g/mol. The quantitative estimate of drug-likeness (QED) is 0.905. The van der Waals surface area contributed by atoms with Crippen LogP contribution >= 0.6 is 11.6 Å². The van der Waals surface area contributed by atoms with Gasteiger partial charge in [0.25, 0.3) is 0 Å². The van der Waals surface area contributed by atoms with Crippen molar-refractivity contribution < 1.29 is 8.42 Å². The van der Waals surface area contributed by atoms with E-state index in [1.54, 1.807) is 29.6 Å². The van der Waals surface area contributed by atoms with E-state index in [4.69, 9.17) is 11.6 Å². The van der Waals surface area contributed by atoms with Gasteiger partial charge in [0.15, 0.2) is 0 Å². The van der Waals surface area contributed by atoms with Crippen LogP contribution in [-0.4, -0.2) is 57.4 Å². The summed E-state index contributed by atoms with van der Waals surface area (Å²) in [4.78, 5) is 2.46. The second kappa shape index (κ2) is 6.62. The molecule has 1 aliphatic heterocycles. The van der Waals surface area contributed by atoms with Crippen molar-refractivity contribution in [1.29, 1.82) is 0 Å². The highest BCUT2D eigenvalue weighted by atomic mass is 35.5. The van der Waals surface area contributed by atoms with Crippen LogP contribution in [0.2, 0.25) is 5.02 Å². The van der Waals surface area contributed by atoms with Crippen molar-refractivity contribution in [3.8, 4) is 0 Å². The monoisotopic (exact) mass is 331 g/mol. The van der Waals surface area contributed by atoms with E-state index in [2.05, 4.69) is 10.2 Å². The third-order valence-corrected chi connectivity index (χ3v) is 6.14. The van der Waals surface area contributed by atoms with Gasteiger partial charge in [-0.3, -0.25) is 0 Å². The molecule has 1 saturated heterocycles. The summed E-state index contributed by atoms with van der Waals surface area (Å²) in [6.45, 7) is 4.50. The van der Waals surface area contributed by atoms with Crippen LogP contribution < -0.4 is 5.32 Å². The first-order valence-corrected chi connectivity index (χ1v) is 8.81. The van der Waals surface area contributed by atoms with Crippen LogP contribution in [0, 0.1) is 0 Å². The maximum absolute atomic E-state index is 12.8. The van der Waals surface area contributed by atoms with Gasteiger partial charge in [0, 0.05) is 37.2 Å². The van der Waals surface area contributed by atoms with E-state index >= 15 is 0 Å². The Labute approximate surface area is 131 Å². The van der Waals surface area contributed by atoms with Crippen LogP contribution in [0.3, 0.4) is 0 Å². The summed E-state index contributed by atoms with van der Waals surface area (Å²) in [6.07, 6.45) is 0. The Bertz CT molecular complexity index is 606. The Morgan fingerprint density at radius 2 is 2.10 bits per heavy atom. The topological polar surface area (TPSA) is 52.7 Å².